The van der Waals surface area contributed by atoms with Gasteiger partial charge in [-0.15, -0.1) is 0 Å². The van der Waals surface area contributed by atoms with Gasteiger partial charge in [0.1, 0.15) is 5.75 Å². The van der Waals surface area contributed by atoms with Crippen LogP contribution in [0.5, 0.6) is 5.75 Å². The van der Waals surface area contributed by atoms with Gasteiger partial charge in [0.15, 0.2) is 5.11 Å². The fourth-order valence-electron chi connectivity index (χ4n) is 1.89. The van der Waals surface area contributed by atoms with Gasteiger partial charge in [0, 0.05) is 16.3 Å². The van der Waals surface area contributed by atoms with Crippen LogP contribution in [0, 0.1) is 0 Å². The highest BCUT2D eigenvalue weighted by Crippen LogP contribution is 2.17. The van der Waals surface area contributed by atoms with E-state index in [0.717, 1.165) is 11.3 Å². The van der Waals surface area contributed by atoms with Crippen LogP contribution in [-0.4, -0.2) is 18.1 Å². The van der Waals surface area contributed by atoms with Crippen LogP contribution in [0.4, 0.5) is 5.69 Å². The lowest BCUT2D eigenvalue weighted by molar-refractivity contribution is -0.121. The number of anilines is 1. The van der Waals surface area contributed by atoms with Crippen molar-refractivity contribution in [3.05, 3.63) is 59.1 Å². The minimum absolute atomic E-state index is 0.181. The molecule has 0 unspecified atom stereocenters. The molecule has 120 valence electrons. The number of hydrogen-bond donors (Lipinski definition) is 3. The van der Waals surface area contributed by atoms with Crippen molar-refractivity contribution in [3.8, 4) is 5.75 Å². The zero-order valence-corrected chi connectivity index (χ0v) is 14.0. The van der Waals surface area contributed by atoms with Crippen molar-refractivity contribution in [1.29, 1.82) is 0 Å². The van der Waals surface area contributed by atoms with E-state index in [9.17, 15) is 4.79 Å². The van der Waals surface area contributed by atoms with E-state index in [2.05, 4.69) is 16.2 Å². The Kier molecular flexibility index (Phi) is 6.19. The number of methoxy groups -OCH3 is 1. The number of halogens is 1. The predicted molar refractivity (Wildman–Crippen MR) is 95.6 cm³/mol. The quantitative estimate of drug-likeness (QED) is 0.585. The summed E-state index contributed by atoms with van der Waals surface area (Å²) in [6, 6.07) is 14.4. The lowest BCUT2D eigenvalue weighted by atomic mass is 10.1. The molecule has 7 heteroatoms. The lowest BCUT2D eigenvalue weighted by Gasteiger charge is -2.12. The topological polar surface area (TPSA) is 62.4 Å². The highest BCUT2D eigenvalue weighted by molar-refractivity contribution is 7.80. The highest BCUT2D eigenvalue weighted by atomic mass is 35.5. The van der Waals surface area contributed by atoms with Crippen LogP contribution < -0.4 is 20.9 Å². The molecule has 1 amide bonds. The lowest BCUT2D eigenvalue weighted by Crippen LogP contribution is -2.44. The van der Waals surface area contributed by atoms with Gasteiger partial charge in [-0.3, -0.25) is 15.6 Å². The maximum absolute atomic E-state index is 11.9. The summed E-state index contributed by atoms with van der Waals surface area (Å²) in [6.45, 7) is 0. The van der Waals surface area contributed by atoms with Crippen LogP contribution in [0.1, 0.15) is 5.56 Å². The van der Waals surface area contributed by atoms with E-state index < -0.39 is 0 Å². The van der Waals surface area contributed by atoms with Crippen LogP contribution in [0.3, 0.4) is 0 Å². The van der Waals surface area contributed by atoms with Crippen molar-refractivity contribution >= 4 is 40.5 Å². The van der Waals surface area contributed by atoms with Gasteiger partial charge in [-0.2, -0.15) is 0 Å². The van der Waals surface area contributed by atoms with E-state index in [4.69, 9.17) is 28.6 Å². The molecule has 0 spiro atoms. The van der Waals surface area contributed by atoms with E-state index >= 15 is 0 Å². The van der Waals surface area contributed by atoms with E-state index in [1.54, 1.807) is 31.4 Å². The number of carbonyl (C=O) groups excluding carboxylic acids is 1. The number of carbonyl (C=O) groups is 1. The number of rotatable bonds is 4. The number of nitrogens with one attached hydrogen (secondary N) is 3. The first kappa shape index (κ1) is 17.1. The molecule has 0 aliphatic heterocycles. The third-order valence-corrected chi connectivity index (χ3v) is 3.42. The molecule has 3 N–H and O–H groups in total. The fourth-order valence-corrected chi connectivity index (χ4v) is 2.18. The summed E-state index contributed by atoms with van der Waals surface area (Å²) >= 11 is 10.9. The van der Waals surface area contributed by atoms with Crippen molar-refractivity contribution in [1.82, 2.24) is 10.9 Å². The Hall–Kier alpha value is -2.31. The molecule has 0 heterocycles. The first-order valence-corrected chi connectivity index (χ1v) is 7.60. The van der Waals surface area contributed by atoms with Gasteiger partial charge in [0.25, 0.3) is 0 Å². The second-order valence-electron chi connectivity index (χ2n) is 4.62. The monoisotopic (exact) mass is 349 g/mol. The van der Waals surface area contributed by atoms with Crippen molar-refractivity contribution < 1.29 is 9.53 Å². The van der Waals surface area contributed by atoms with Gasteiger partial charge in [0.05, 0.1) is 13.5 Å². The van der Waals surface area contributed by atoms with Crippen molar-refractivity contribution in [2.45, 2.75) is 6.42 Å². The Morgan fingerprint density at radius 3 is 2.52 bits per heavy atom. The molecule has 23 heavy (non-hydrogen) atoms. The van der Waals surface area contributed by atoms with Gasteiger partial charge >= 0.3 is 0 Å². The largest absolute Gasteiger partial charge is 0.496 e. The van der Waals surface area contributed by atoms with Crippen molar-refractivity contribution in [3.63, 3.8) is 0 Å². The van der Waals surface area contributed by atoms with Crippen LogP contribution in [0.15, 0.2) is 48.5 Å². The second-order valence-corrected chi connectivity index (χ2v) is 5.47. The number of hydrazine groups is 1. The molecule has 2 aromatic rings. The Balaban J connectivity index is 1.82. The summed E-state index contributed by atoms with van der Waals surface area (Å²) in [4.78, 5) is 11.9. The van der Waals surface area contributed by atoms with Crippen molar-refractivity contribution in [2.24, 2.45) is 0 Å². The summed E-state index contributed by atoms with van der Waals surface area (Å²) in [5.41, 5.74) is 6.76. The maximum atomic E-state index is 11.9. The Morgan fingerprint density at radius 2 is 1.83 bits per heavy atom. The Labute approximate surface area is 145 Å². The first-order chi connectivity index (χ1) is 11.1. The van der Waals surface area contributed by atoms with E-state index in [0.29, 0.717) is 10.8 Å². The molecule has 0 saturated heterocycles. The molecule has 0 fully saturated rings. The van der Waals surface area contributed by atoms with Gasteiger partial charge in [-0.1, -0.05) is 29.8 Å². The summed E-state index contributed by atoms with van der Waals surface area (Å²) in [7, 11) is 1.57. The second kappa shape index (κ2) is 8.36. The first-order valence-electron chi connectivity index (χ1n) is 6.82. The summed E-state index contributed by atoms with van der Waals surface area (Å²) in [5, 5.41) is 3.85. The summed E-state index contributed by atoms with van der Waals surface area (Å²) in [6.07, 6.45) is 0.181. The van der Waals surface area contributed by atoms with Gasteiger partial charge in [-0.25, -0.2) is 0 Å². The van der Waals surface area contributed by atoms with Gasteiger partial charge in [-0.05, 0) is 42.5 Å². The number of thiocarbonyl (C=S) groups is 1. The smallest absolute Gasteiger partial charge is 0.242 e. The molecule has 0 aliphatic rings. The molecule has 0 aliphatic carbocycles. The molecule has 2 rings (SSSR count). The summed E-state index contributed by atoms with van der Waals surface area (Å²) in [5.74, 6) is 0.444. The van der Waals surface area contributed by atoms with Crippen molar-refractivity contribution in [2.75, 3.05) is 12.4 Å². The number of amides is 1. The third-order valence-electron chi connectivity index (χ3n) is 2.96. The van der Waals surface area contributed by atoms with E-state index in [1.165, 1.54) is 0 Å². The average molecular weight is 350 g/mol. The third kappa shape index (κ3) is 5.43. The molecule has 0 radical (unpaired) electrons. The maximum Gasteiger partial charge on any atom is 0.242 e. The average Bonchev–Trinajstić information content (AvgIpc) is 2.55. The van der Waals surface area contributed by atoms with Gasteiger partial charge < -0.3 is 10.1 Å². The number of benzene rings is 2. The predicted octanol–water partition coefficient (Wildman–Crippen LogP) is 2.91. The molecule has 0 saturated carbocycles. The normalized spacial score (nSPS) is 9.83. The standard InChI is InChI=1S/C16H16ClN3O2S/c1-22-14-5-3-2-4-11(14)10-15(21)19-20-16(23)18-13-8-6-12(17)7-9-13/h2-9H,10H2,1H3,(H,19,21)(H2,18,20,23). The van der Waals surface area contributed by atoms with Crippen LogP contribution in [-0.2, 0) is 11.2 Å². The zero-order valence-electron chi connectivity index (χ0n) is 12.4. The van der Waals surface area contributed by atoms with Crippen LogP contribution in [0.25, 0.3) is 0 Å². The van der Waals surface area contributed by atoms with Crippen LogP contribution >= 0.6 is 23.8 Å². The van der Waals surface area contributed by atoms with Crippen LogP contribution in [0.2, 0.25) is 5.02 Å². The van der Waals surface area contributed by atoms with Gasteiger partial charge in [0.2, 0.25) is 5.91 Å². The molecule has 0 aromatic heterocycles. The molecular formula is C16H16ClN3O2S. The molecule has 0 bridgehead atoms. The molecule has 5 nitrogen and oxygen atoms in total. The molecular weight excluding hydrogens is 334 g/mol. The number of hydrogen-bond acceptors (Lipinski definition) is 3. The minimum Gasteiger partial charge on any atom is -0.496 e. The Bertz CT molecular complexity index is 692. The number of ether oxygens (including phenoxy) is 1. The number of para-hydroxylation sites is 1. The molecule has 0 atom stereocenters. The zero-order chi connectivity index (χ0) is 16.7. The Morgan fingerprint density at radius 1 is 1.13 bits per heavy atom. The fraction of sp³-hybridized carbons (Fsp3) is 0.125. The van der Waals surface area contributed by atoms with E-state index in [-0.39, 0.29) is 17.4 Å². The van der Waals surface area contributed by atoms with E-state index in [1.807, 2.05) is 24.3 Å². The highest BCUT2D eigenvalue weighted by Gasteiger charge is 2.08. The molecule has 2 aromatic carbocycles. The SMILES string of the molecule is COc1ccccc1CC(=O)NNC(=S)Nc1ccc(Cl)cc1. The summed E-state index contributed by atoms with van der Waals surface area (Å²) < 4.78 is 5.21. The minimum atomic E-state index is -0.227.